The molecule has 0 atom stereocenters. The van der Waals surface area contributed by atoms with Crippen LogP contribution in [0.25, 0.3) is 6.08 Å². The smallest absolute Gasteiger partial charge is 0.281 e. The van der Waals surface area contributed by atoms with Crippen LogP contribution >= 0.6 is 12.2 Å². The minimum atomic E-state index is -0.0830. The van der Waals surface area contributed by atoms with E-state index >= 15 is 0 Å². The molecule has 1 aliphatic heterocycles. The molecule has 1 saturated heterocycles. The normalized spacial score (nSPS) is 16.0. The highest BCUT2D eigenvalue weighted by Crippen LogP contribution is 2.28. The molecule has 1 amide bonds. The Morgan fingerprint density at radius 2 is 1.85 bits per heavy atom. The Balaban J connectivity index is 1.88. The van der Waals surface area contributed by atoms with E-state index in [9.17, 15) is 4.79 Å². The van der Waals surface area contributed by atoms with Crippen molar-refractivity contribution in [1.82, 2.24) is 4.90 Å². The highest BCUT2D eigenvalue weighted by molar-refractivity contribution is 7.80. The van der Waals surface area contributed by atoms with Gasteiger partial charge in [0.05, 0.1) is 5.69 Å². The van der Waals surface area contributed by atoms with E-state index in [2.05, 4.69) is 25.1 Å². The van der Waals surface area contributed by atoms with Gasteiger partial charge in [-0.1, -0.05) is 55.3 Å². The van der Waals surface area contributed by atoms with Crippen LogP contribution in [0.1, 0.15) is 36.5 Å². The maximum Gasteiger partial charge on any atom is 0.281 e. The molecule has 26 heavy (non-hydrogen) atoms. The molecule has 1 fully saturated rings. The van der Waals surface area contributed by atoms with E-state index < -0.39 is 0 Å². The van der Waals surface area contributed by atoms with Crippen molar-refractivity contribution >= 4 is 35.0 Å². The Hall–Kier alpha value is -2.46. The second-order valence-electron chi connectivity index (χ2n) is 6.70. The average Bonchev–Trinajstić information content (AvgIpc) is 2.84. The second kappa shape index (κ2) is 7.83. The van der Waals surface area contributed by atoms with Crippen LogP contribution in [0.15, 0.2) is 54.2 Å². The maximum absolute atomic E-state index is 13.0. The Morgan fingerprint density at radius 3 is 2.50 bits per heavy atom. The first-order chi connectivity index (χ1) is 12.5. The molecule has 0 saturated carbocycles. The van der Waals surface area contributed by atoms with E-state index in [-0.39, 0.29) is 5.91 Å². The summed E-state index contributed by atoms with van der Waals surface area (Å²) in [5.74, 6) is -0.0830. The molecular weight excluding hydrogens is 340 g/mol. The van der Waals surface area contributed by atoms with E-state index in [1.165, 1.54) is 18.4 Å². The molecule has 2 aromatic rings. The summed E-state index contributed by atoms with van der Waals surface area (Å²) in [5, 5.41) is 0.509. The number of likely N-dealkylation sites (N-methyl/N-ethyl adjacent to an activating group) is 1. The van der Waals surface area contributed by atoms with Gasteiger partial charge in [-0.25, -0.2) is 0 Å². The van der Waals surface area contributed by atoms with Crippen LogP contribution in [-0.4, -0.2) is 23.0 Å². The molecule has 3 rings (SSSR count). The van der Waals surface area contributed by atoms with Crippen LogP contribution in [0, 0.1) is 6.92 Å². The predicted molar refractivity (Wildman–Crippen MR) is 112 cm³/mol. The van der Waals surface area contributed by atoms with Crippen LogP contribution in [0.2, 0.25) is 0 Å². The Bertz CT molecular complexity index is 855. The summed E-state index contributed by atoms with van der Waals surface area (Å²) >= 11 is 5.53. The van der Waals surface area contributed by atoms with Crippen molar-refractivity contribution in [2.24, 2.45) is 0 Å². The number of anilines is 1. The molecule has 0 aliphatic carbocycles. The first-order valence-corrected chi connectivity index (χ1v) is 9.41. The Morgan fingerprint density at radius 1 is 1.12 bits per heavy atom. The Kier molecular flexibility index (Phi) is 5.52. The molecule has 1 aliphatic rings. The third-order valence-electron chi connectivity index (χ3n) is 4.62. The molecule has 3 nitrogen and oxygen atoms in total. The standard InChI is InChI=1S/C22H24N2OS/c1-4-5-8-17-10-12-19(13-11-17)24-21(25)20(23(3)22(24)26)15-18-9-6-7-16(2)14-18/h6-7,9-15H,4-5,8H2,1-3H3/b20-15-. The number of hydrogen-bond acceptors (Lipinski definition) is 2. The predicted octanol–water partition coefficient (Wildman–Crippen LogP) is 4.94. The van der Waals surface area contributed by atoms with Crippen LogP contribution in [0.4, 0.5) is 5.69 Å². The second-order valence-corrected chi connectivity index (χ2v) is 7.06. The van der Waals surface area contributed by atoms with Crippen molar-refractivity contribution in [2.45, 2.75) is 33.1 Å². The van der Waals surface area contributed by atoms with E-state index in [1.54, 1.807) is 9.80 Å². The van der Waals surface area contributed by atoms with E-state index in [1.807, 2.05) is 50.4 Å². The summed E-state index contributed by atoms with van der Waals surface area (Å²) in [5.41, 5.74) is 4.86. The number of unbranched alkanes of at least 4 members (excludes halogenated alkanes) is 1. The Labute approximate surface area is 160 Å². The molecule has 4 heteroatoms. The van der Waals surface area contributed by atoms with Gasteiger partial charge in [0.15, 0.2) is 5.11 Å². The zero-order chi connectivity index (χ0) is 18.7. The number of carbonyl (C=O) groups excluding carboxylic acids is 1. The van der Waals surface area contributed by atoms with Crippen molar-refractivity contribution in [3.8, 4) is 0 Å². The van der Waals surface area contributed by atoms with Crippen molar-refractivity contribution in [3.63, 3.8) is 0 Å². The molecule has 0 spiro atoms. The molecule has 0 bridgehead atoms. The van der Waals surface area contributed by atoms with E-state index in [0.717, 1.165) is 23.2 Å². The first kappa shape index (κ1) is 18.3. The summed E-state index contributed by atoms with van der Waals surface area (Å²) in [7, 11) is 1.84. The number of hydrogen-bond donors (Lipinski definition) is 0. The largest absolute Gasteiger partial charge is 0.317 e. The number of rotatable bonds is 5. The summed E-state index contributed by atoms with van der Waals surface area (Å²) in [6, 6.07) is 16.2. The lowest BCUT2D eigenvalue weighted by molar-refractivity contribution is -0.114. The van der Waals surface area contributed by atoms with Crippen LogP contribution in [-0.2, 0) is 11.2 Å². The monoisotopic (exact) mass is 364 g/mol. The molecule has 1 heterocycles. The third-order valence-corrected chi connectivity index (χ3v) is 5.08. The van der Waals surface area contributed by atoms with Crippen molar-refractivity contribution in [2.75, 3.05) is 11.9 Å². The number of aryl methyl sites for hydroxylation is 2. The van der Waals surface area contributed by atoms with Gasteiger partial charge in [0.1, 0.15) is 5.70 Å². The zero-order valence-electron chi connectivity index (χ0n) is 15.5. The molecule has 0 N–H and O–H groups in total. The van der Waals surface area contributed by atoms with Crippen LogP contribution in [0.5, 0.6) is 0 Å². The van der Waals surface area contributed by atoms with E-state index in [4.69, 9.17) is 12.2 Å². The van der Waals surface area contributed by atoms with Gasteiger partial charge in [0.25, 0.3) is 5.91 Å². The minimum Gasteiger partial charge on any atom is -0.317 e. The lowest BCUT2D eigenvalue weighted by Crippen LogP contribution is -2.31. The summed E-state index contributed by atoms with van der Waals surface area (Å²) in [4.78, 5) is 16.4. The fraction of sp³-hybridized carbons (Fsp3) is 0.273. The van der Waals surface area contributed by atoms with Gasteiger partial charge in [-0.15, -0.1) is 0 Å². The SMILES string of the molecule is CCCCc1ccc(N2C(=O)/C(=C/c3cccc(C)c3)N(C)C2=S)cc1. The van der Waals surface area contributed by atoms with Gasteiger partial charge in [-0.2, -0.15) is 0 Å². The molecule has 2 aromatic carbocycles. The van der Waals surface area contributed by atoms with Crippen molar-refractivity contribution < 1.29 is 4.79 Å². The van der Waals surface area contributed by atoms with Crippen molar-refractivity contribution in [3.05, 3.63) is 70.9 Å². The average molecular weight is 365 g/mol. The topological polar surface area (TPSA) is 23.6 Å². The third kappa shape index (κ3) is 3.70. The van der Waals surface area contributed by atoms with Crippen LogP contribution in [0.3, 0.4) is 0 Å². The first-order valence-electron chi connectivity index (χ1n) is 9.00. The number of benzene rings is 2. The number of carbonyl (C=O) groups is 1. The number of amides is 1. The van der Waals surface area contributed by atoms with Crippen molar-refractivity contribution in [1.29, 1.82) is 0 Å². The van der Waals surface area contributed by atoms with Gasteiger partial charge in [-0.05, 0) is 61.3 Å². The number of nitrogens with zero attached hydrogens (tertiary/aromatic N) is 2. The molecule has 134 valence electrons. The summed E-state index contributed by atoms with van der Waals surface area (Å²) in [6.07, 6.45) is 5.31. The fourth-order valence-corrected chi connectivity index (χ4v) is 3.38. The van der Waals surface area contributed by atoms with Gasteiger partial charge < -0.3 is 4.90 Å². The molecule has 0 aromatic heterocycles. The lowest BCUT2D eigenvalue weighted by Gasteiger charge is -2.16. The van der Waals surface area contributed by atoms with Gasteiger partial charge in [-0.3, -0.25) is 9.69 Å². The maximum atomic E-state index is 13.0. The summed E-state index contributed by atoms with van der Waals surface area (Å²) in [6.45, 7) is 4.23. The van der Waals surface area contributed by atoms with Gasteiger partial charge >= 0.3 is 0 Å². The van der Waals surface area contributed by atoms with Gasteiger partial charge in [0.2, 0.25) is 0 Å². The number of thiocarbonyl (C=S) groups is 1. The molecular formula is C22H24N2OS. The summed E-state index contributed by atoms with van der Waals surface area (Å²) < 4.78 is 0. The van der Waals surface area contributed by atoms with Gasteiger partial charge in [0, 0.05) is 7.05 Å². The molecule has 0 radical (unpaired) electrons. The quantitative estimate of drug-likeness (QED) is 0.554. The highest BCUT2D eigenvalue weighted by atomic mass is 32.1. The lowest BCUT2D eigenvalue weighted by atomic mass is 10.1. The highest BCUT2D eigenvalue weighted by Gasteiger charge is 2.36. The minimum absolute atomic E-state index is 0.0830. The van der Waals surface area contributed by atoms with Crippen LogP contribution < -0.4 is 4.90 Å². The van der Waals surface area contributed by atoms with E-state index in [0.29, 0.717) is 10.8 Å². The molecule has 0 unspecified atom stereocenters. The zero-order valence-corrected chi connectivity index (χ0v) is 16.3. The fourth-order valence-electron chi connectivity index (χ4n) is 3.09.